The number of rotatable bonds is 5. The number of carbonyl (C=O) groups is 1. The molecule has 1 N–H and O–H groups in total. The molecule has 0 spiro atoms. The molecule has 4 nitrogen and oxygen atoms in total. The zero-order valence-electron chi connectivity index (χ0n) is 14.2. The fraction of sp³-hybridized carbons (Fsp3) is 0.350. The average Bonchev–Trinajstić information content (AvgIpc) is 3.10. The van der Waals surface area contributed by atoms with Gasteiger partial charge in [0.2, 0.25) is 0 Å². The Kier molecular flexibility index (Phi) is 5.16. The lowest BCUT2D eigenvalue weighted by molar-refractivity contribution is 0.0679. The van der Waals surface area contributed by atoms with E-state index in [0.29, 0.717) is 12.2 Å². The highest BCUT2D eigenvalue weighted by Gasteiger charge is 2.16. The molecule has 24 heavy (non-hydrogen) atoms. The molecule has 1 unspecified atom stereocenters. The molecule has 1 heterocycles. The van der Waals surface area contributed by atoms with Crippen LogP contribution in [-0.4, -0.2) is 25.2 Å². The molecule has 2 aromatic rings. The fourth-order valence-corrected chi connectivity index (χ4v) is 2.86. The second-order valence-corrected chi connectivity index (χ2v) is 6.19. The smallest absolute Gasteiger partial charge is 0.255 e. The SMILES string of the molecule is Cc1cccc(C)c1NC(=O)c1ccc(OCC2CCCO2)cc1. The molecular weight excluding hydrogens is 302 g/mol. The van der Waals surface area contributed by atoms with Crippen LogP contribution in [0, 0.1) is 13.8 Å². The lowest BCUT2D eigenvalue weighted by Crippen LogP contribution is -2.16. The Bertz CT molecular complexity index is 683. The van der Waals surface area contributed by atoms with Gasteiger partial charge in [0.15, 0.2) is 0 Å². The van der Waals surface area contributed by atoms with Crippen molar-refractivity contribution in [3.63, 3.8) is 0 Å². The van der Waals surface area contributed by atoms with Crippen LogP contribution in [0.25, 0.3) is 0 Å². The van der Waals surface area contributed by atoms with Crippen LogP contribution in [0.5, 0.6) is 5.75 Å². The lowest BCUT2D eigenvalue weighted by atomic mass is 10.1. The topological polar surface area (TPSA) is 47.6 Å². The van der Waals surface area contributed by atoms with Crippen molar-refractivity contribution in [3.8, 4) is 5.75 Å². The minimum Gasteiger partial charge on any atom is -0.491 e. The number of nitrogens with one attached hydrogen (secondary N) is 1. The monoisotopic (exact) mass is 325 g/mol. The van der Waals surface area contributed by atoms with Crippen molar-refractivity contribution in [1.82, 2.24) is 0 Å². The molecule has 2 aromatic carbocycles. The van der Waals surface area contributed by atoms with Crippen molar-refractivity contribution in [2.45, 2.75) is 32.8 Å². The summed E-state index contributed by atoms with van der Waals surface area (Å²) in [5.74, 6) is 0.646. The molecule has 1 amide bonds. The molecule has 1 fully saturated rings. The Morgan fingerprint density at radius 1 is 1.17 bits per heavy atom. The standard InChI is InChI=1S/C20H23NO3/c1-14-5-3-6-15(2)19(14)21-20(22)16-8-10-17(11-9-16)24-13-18-7-4-12-23-18/h3,5-6,8-11,18H,4,7,12-13H2,1-2H3,(H,21,22). The van der Waals surface area contributed by atoms with Crippen molar-refractivity contribution in [3.05, 3.63) is 59.2 Å². The Morgan fingerprint density at radius 2 is 1.88 bits per heavy atom. The van der Waals surface area contributed by atoms with Crippen molar-refractivity contribution in [2.75, 3.05) is 18.5 Å². The van der Waals surface area contributed by atoms with Crippen LogP contribution in [0.1, 0.15) is 34.3 Å². The molecule has 1 aliphatic rings. The average molecular weight is 325 g/mol. The quantitative estimate of drug-likeness (QED) is 0.900. The molecule has 4 heteroatoms. The zero-order valence-corrected chi connectivity index (χ0v) is 14.2. The van der Waals surface area contributed by atoms with Crippen molar-refractivity contribution in [2.24, 2.45) is 0 Å². The summed E-state index contributed by atoms with van der Waals surface area (Å²) in [6.45, 7) is 5.37. The number of ether oxygens (including phenoxy) is 2. The number of benzene rings is 2. The number of aryl methyl sites for hydroxylation is 2. The van der Waals surface area contributed by atoms with Gasteiger partial charge in [0.25, 0.3) is 5.91 Å². The van der Waals surface area contributed by atoms with Crippen molar-refractivity contribution >= 4 is 11.6 Å². The van der Waals surface area contributed by atoms with Gasteiger partial charge in [-0.05, 0) is 62.1 Å². The summed E-state index contributed by atoms with van der Waals surface area (Å²) in [6.07, 6.45) is 2.35. The van der Waals surface area contributed by atoms with Gasteiger partial charge in [-0.3, -0.25) is 4.79 Å². The van der Waals surface area contributed by atoms with Crippen molar-refractivity contribution in [1.29, 1.82) is 0 Å². The van der Waals surface area contributed by atoms with Gasteiger partial charge in [-0.15, -0.1) is 0 Å². The highest BCUT2D eigenvalue weighted by atomic mass is 16.5. The van der Waals surface area contributed by atoms with Gasteiger partial charge in [-0.2, -0.15) is 0 Å². The number of anilines is 1. The molecule has 3 rings (SSSR count). The summed E-state index contributed by atoms with van der Waals surface area (Å²) < 4.78 is 11.3. The number of carbonyl (C=O) groups excluding carboxylic acids is 1. The first-order valence-electron chi connectivity index (χ1n) is 8.35. The molecule has 0 bridgehead atoms. The number of hydrogen-bond acceptors (Lipinski definition) is 3. The van der Waals surface area contributed by atoms with Crippen LogP contribution in [-0.2, 0) is 4.74 Å². The normalized spacial score (nSPS) is 16.8. The van der Waals surface area contributed by atoms with Crippen LogP contribution < -0.4 is 10.1 Å². The van der Waals surface area contributed by atoms with Crippen LogP contribution in [0.15, 0.2) is 42.5 Å². The summed E-state index contributed by atoms with van der Waals surface area (Å²) in [6, 6.07) is 13.2. The lowest BCUT2D eigenvalue weighted by Gasteiger charge is -2.13. The van der Waals surface area contributed by atoms with Crippen LogP contribution >= 0.6 is 0 Å². The first kappa shape index (κ1) is 16.5. The highest BCUT2D eigenvalue weighted by Crippen LogP contribution is 2.21. The van der Waals surface area contributed by atoms with E-state index in [9.17, 15) is 4.79 Å². The largest absolute Gasteiger partial charge is 0.491 e. The third-order valence-corrected chi connectivity index (χ3v) is 4.30. The van der Waals surface area contributed by atoms with E-state index in [1.165, 1.54) is 0 Å². The van der Waals surface area contributed by atoms with E-state index in [0.717, 1.165) is 42.0 Å². The molecule has 1 aliphatic heterocycles. The first-order chi connectivity index (χ1) is 11.6. The van der Waals surface area contributed by atoms with E-state index in [2.05, 4.69) is 5.32 Å². The summed E-state index contributed by atoms with van der Waals surface area (Å²) in [4.78, 5) is 12.4. The van der Waals surface area contributed by atoms with E-state index < -0.39 is 0 Å². The maximum atomic E-state index is 12.4. The Hall–Kier alpha value is -2.33. The molecule has 0 aliphatic carbocycles. The molecule has 1 atom stereocenters. The number of amides is 1. The summed E-state index contributed by atoms with van der Waals surface area (Å²) in [5, 5.41) is 2.99. The second-order valence-electron chi connectivity index (χ2n) is 6.19. The predicted molar refractivity (Wildman–Crippen MR) is 94.8 cm³/mol. The molecule has 0 saturated carbocycles. The van der Waals surface area contributed by atoms with Gasteiger partial charge >= 0.3 is 0 Å². The van der Waals surface area contributed by atoms with Crippen LogP contribution in [0.2, 0.25) is 0 Å². The minimum absolute atomic E-state index is 0.113. The first-order valence-corrected chi connectivity index (χ1v) is 8.35. The van der Waals surface area contributed by atoms with Crippen LogP contribution in [0.3, 0.4) is 0 Å². The van der Waals surface area contributed by atoms with E-state index in [4.69, 9.17) is 9.47 Å². The third kappa shape index (κ3) is 3.95. The van der Waals surface area contributed by atoms with Gasteiger partial charge in [-0.25, -0.2) is 0 Å². The maximum absolute atomic E-state index is 12.4. The molecular formula is C20H23NO3. The number of hydrogen-bond donors (Lipinski definition) is 1. The van der Waals surface area contributed by atoms with Gasteiger partial charge in [-0.1, -0.05) is 18.2 Å². The van der Waals surface area contributed by atoms with Gasteiger partial charge < -0.3 is 14.8 Å². The van der Waals surface area contributed by atoms with Gasteiger partial charge in [0.1, 0.15) is 12.4 Å². The van der Waals surface area contributed by atoms with Gasteiger partial charge in [0, 0.05) is 17.9 Å². The highest BCUT2D eigenvalue weighted by molar-refractivity contribution is 6.05. The minimum atomic E-state index is -0.113. The fourth-order valence-electron chi connectivity index (χ4n) is 2.86. The maximum Gasteiger partial charge on any atom is 0.255 e. The zero-order chi connectivity index (χ0) is 16.9. The van der Waals surface area contributed by atoms with E-state index >= 15 is 0 Å². The van der Waals surface area contributed by atoms with Gasteiger partial charge in [0.05, 0.1) is 6.10 Å². The van der Waals surface area contributed by atoms with Crippen molar-refractivity contribution < 1.29 is 14.3 Å². The van der Waals surface area contributed by atoms with Crippen LogP contribution in [0.4, 0.5) is 5.69 Å². The third-order valence-electron chi connectivity index (χ3n) is 4.30. The molecule has 1 saturated heterocycles. The summed E-state index contributed by atoms with van der Waals surface area (Å²) >= 11 is 0. The molecule has 0 radical (unpaired) electrons. The Morgan fingerprint density at radius 3 is 2.50 bits per heavy atom. The molecule has 0 aromatic heterocycles. The van der Waals surface area contributed by atoms with E-state index in [-0.39, 0.29) is 12.0 Å². The summed E-state index contributed by atoms with van der Waals surface area (Å²) in [5.41, 5.74) is 3.60. The van der Waals surface area contributed by atoms with E-state index in [1.807, 2.05) is 44.2 Å². The Labute approximate surface area is 142 Å². The molecule has 126 valence electrons. The Balaban J connectivity index is 1.61. The number of para-hydroxylation sites is 1. The summed E-state index contributed by atoms with van der Waals surface area (Å²) in [7, 11) is 0. The second kappa shape index (κ2) is 7.49. The predicted octanol–water partition coefficient (Wildman–Crippen LogP) is 4.11. The van der Waals surface area contributed by atoms with E-state index in [1.54, 1.807) is 12.1 Å².